The lowest BCUT2D eigenvalue weighted by molar-refractivity contribution is 0.0944. The van der Waals surface area contributed by atoms with E-state index >= 15 is 0 Å². The van der Waals surface area contributed by atoms with Gasteiger partial charge in [-0.3, -0.25) is 4.79 Å². The summed E-state index contributed by atoms with van der Waals surface area (Å²) >= 11 is 0. The molecule has 0 radical (unpaired) electrons. The summed E-state index contributed by atoms with van der Waals surface area (Å²) in [5, 5.41) is 7.24. The number of carbonyl (C=O) groups excluding carboxylic acids is 1. The monoisotopic (exact) mass is 400 g/mol. The van der Waals surface area contributed by atoms with Gasteiger partial charge in [-0.1, -0.05) is 42.8 Å². The van der Waals surface area contributed by atoms with E-state index < -0.39 is 0 Å². The second-order valence-corrected chi connectivity index (χ2v) is 7.70. The van der Waals surface area contributed by atoms with Gasteiger partial charge in [0, 0.05) is 17.6 Å². The molecule has 1 heterocycles. The van der Waals surface area contributed by atoms with Crippen molar-refractivity contribution in [2.45, 2.75) is 45.4 Å². The molecule has 2 N–H and O–H groups in total. The van der Waals surface area contributed by atoms with Crippen LogP contribution in [0.2, 0.25) is 0 Å². The van der Waals surface area contributed by atoms with Crippen LogP contribution in [0.15, 0.2) is 60.2 Å². The summed E-state index contributed by atoms with van der Waals surface area (Å²) < 4.78 is 0. The Morgan fingerprint density at radius 2 is 1.87 bits per heavy atom. The van der Waals surface area contributed by atoms with Crippen LogP contribution in [0.25, 0.3) is 10.9 Å². The molecule has 5 heteroatoms. The van der Waals surface area contributed by atoms with Crippen LogP contribution >= 0.6 is 0 Å². The maximum Gasteiger partial charge on any atom is 0.289 e. The molecule has 0 fully saturated rings. The van der Waals surface area contributed by atoms with Crippen LogP contribution in [-0.2, 0) is 6.42 Å². The van der Waals surface area contributed by atoms with Gasteiger partial charge in [0.2, 0.25) is 5.82 Å². The van der Waals surface area contributed by atoms with Crippen molar-refractivity contribution in [3.8, 4) is 0 Å². The van der Waals surface area contributed by atoms with Crippen molar-refractivity contribution in [1.82, 2.24) is 15.3 Å². The van der Waals surface area contributed by atoms with Crippen LogP contribution in [-0.4, -0.2) is 22.4 Å². The molecule has 0 atom stereocenters. The molecule has 1 aliphatic rings. The van der Waals surface area contributed by atoms with Gasteiger partial charge in [-0.15, -0.1) is 0 Å². The predicted octanol–water partition coefficient (Wildman–Crippen LogP) is 5.56. The Kier molecular flexibility index (Phi) is 6.38. The van der Waals surface area contributed by atoms with Gasteiger partial charge in [0.05, 0.1) is 5.52 Å². The molecule has 1 aromatic heterocycles. The third kappa shape index (κ3) is 4.85. The third-order valence-corrected chi connectivity index (χ3v) is 5.55. The predicted molar refractivity (Wildman–Crippen MR) is 122 cm³/mol. The molecule has 4 rings (SSSR count). The summed E-state index contributed by atoms with van der Waals surface area (Å²) in [6, 6.07) is 16.0. The first kappa shape index (κ1) is 20.1. The highest BCUT2D eigenvalue weighted by molar-refractivity contribution is 5.97. The van der Waals surface area contributed by atoms with Gasteiger partial charge in [-0.25, -0.2) is 9.97 Å². The van der Waals surface area contributed by atoms with E-state index in [1.165, 1.54) is 24.0 Å². The zero-order valence-corrected chi connectivity index (χ0v) is 17.4. The van der Waals surface area contributed by atoms with E-state index in [4.69, 9.17) is 0 Å². The molecule has 0 saturated heterocycles. The second-order valence-electron chi connectivity index (χ2n) is 7.70. The van der Waals surface area contributed by atoms with Crippen molar-refractivity contribution < 1.29 is 4.79 Å². The van der Waals surface area contributed by atoms with E-state index in [0.717, 1.165) is 42.3 Å². The molecule has 154 valence electrons. The number of aromatic nitrogens is 2. The summed E-state index contributed by atoms with van der Waals surface area (Å²) in [5.74, 6) is 0.602. The number of amides is 1. The number of benzene rings is 2. The minimum absolute atomic E-state index is 0.194. The Morgan fingerprint density at radius 3 is 2.63 bits per heavy atom. The summed E-state index contributed by atoms with van der Waals surface area (Å²) in [6.07, 6.45) is 9.04. The largest absolute Gasteiger partial charge is 0.349 e. The molecule has 0 bridgehead atoms. The summed E-state index contributed by atoms with van der Waals surface area (Å²) in [6.45, 7) is 2.75. The molecule has 0 spiro atoms. The van der Waals surface area contributed by atoms with Crippen LogP contribution in [0, 0.1) is 0 Å². The van der Waals surface area contributed by atoms with E-state index in [9.17, 15) is 4.79 Å². The highest BCUT2D eigenvalue weighted by Crippen LogP contribution is 2.24. The fourth-order valence-corrected chi connectivity index (χ4v) is 3.78. The molecule has 5 nitrogen and oxygen atoms in total. The van der Waals surface area contributed by atoms with Crippen LogP contribution < -0.4 is 10.6 Å². The number of anilines is 2. The van der Waals surface area contributed by atoms with Crippen molar-refractivity contribution in [1.29, 1.82) is 0 Å². The van der Waals surface area contributed by atoms with Gasteiger partial charge in [0.1, 0.15) is 5.82 Å². The molecule has 30 heavy (non-hydrogen) atoms. The number of rotatable bonds is 7. The number of hydrogen-bond acceptors (Lipinski definition) is 4. The van der Waals surface area contributed by atoms with Crippen LogP contribution in [0.5, 0.6) is 0 Å². The quantitative estimate of drug-likeness (QED) is 0.510. The van der Waals surface area contributed by atoms with Crippen molar-refractivity contribution in [2.75, 3.05) is 11.9 Å². The third-order valence-electron chi connectivity index (χ3n) is 5.55. The van der Waals surface area contributed by atoms with E-state index in [-0.39, 0.29) is 11.7 Å². The van der Waals surface area contributed by atoms with Crippen molar-refractivity contribution >= 4 is 28.3 Å². The van der Waals surface area contributed by atoms with Crippen molar-refractivity contribution in [3.63, 3.8) is 0 Å². The maximum atomic E-state index is 12.7. The van der Waals surface area contributed by atoms with Gasteiger partial charge in [0.15, 0.2) is 0 Å². The van der Waals surface area contributed by atoms with Crippen LogP contribution in [0.1, 0.15) is 55.2 Å². The average Bonchev–Trinajstić information content (AvgIpc) is 2.80. The highest BCUT2D eigenvalue weighted by atomic mass is 16.2. The first-order valence-corrected chi connectivity index (χ1v) is 10.8. The topological polar surface area (TPSA) is 66.9 Å². The minimum Gasteiger partial charge on any atom is -0.349 e. The zero-order valence-electron chi connectivity index (χ0n) is 17.4. The normalized spacial score (nSPS) is 13.7. The number of nitrogens with zero attached hydrogens (tertiary/aromatic N) is 2. The van der Waals surface area contributed by atoms with E-state index in [2.05, 4.69) is 45.7 Å². The fraction of sp³-hybridized carbons (Fsp3) is 0.320. The maximum absolute atomic E-state index is 12.7. The molecule has 2 aromatic carbocycles. The lowest BCUT2D eigenvalue weighted by Crippen LogP contribution is -2.27. The smallest absolute Gasteiger partial charge is 0.289 e. The Bertz CT molecular complexity index is 1060. The molecule has 3 aromatic rings. The van der Waals surface area contributed by atoms with Gasteiger partial charge < -0.3 is 10.6 Å². The zero-order chi connectivity index (χ0) is 20.8. The molecule has 1 aliphatic carbocycles. The first-order valence-electron chi connectivity index (χ1n) is 10.8. The van der Waals surface area contributed by atoms with Crippen molar-refractivity contribution in [3.05, 3.63) is 71.6 Å². The summed E-state index contributed by atoms with van der Waals surface area (Å²) in [7, 11) is 0. The molecule has 1 amide bonds. The molecule has 0 saturated carbocycles. The van der Waals surface area contributed by atoms with Gasteiger partial charge >= 0.3 is 0 Å². The number of nitrogens with one attached hydrogen (secondary N) is 2. The standard InChI is InChI=1S/C25H28N4O/c1-2-18-12-14-20(15-13-18)27-23-21-10-6-7-11-22(21)28-24(29-23)25(30)26-17-16-19-8-4-3-5-9-19/h6-8,10-15H,2-5,9,16-17H2,1H3,(H,26,30)(H,27,28,29). The van der Waals surface area contributed by atoms with Crippen LogP contribution in [0.4, 0.5) is 11.5 Å². The fourth-order valence-electron chi connectivity index (χ4n) is 3.78. The number of carbonyl (C=O) groups is 1. The van der Waals surface area contributed by atoms with Crippen molar-refractivity contribution in [2.24, 2.45) is 0 Å². The van der Waals surface area contributed by atoms with Gasteiger partial charge in [-0.2, -0.15) is 0 Å². The molecular weight excluding hydrogens is 372 g/mol. The minimum atomic E-state index is -0.235. The second kappa shape index (κ2) is 9.53. The molecule has 0 aliphatic heterocycles. The Morgan fingerprint density at radius 1 is 1.03 bits per heavy atom. The first-order chi connectivity index (χ1) is 14.7. The highest BCUT2D eigenvalue weighted by Gasteiger charge is 2.14. The number of para-hydroxylation sites is 1. The summed E-state index contributed by atoms with van der Waals surface area (Å²) in [5.41, 5.74) is 4.41. The lowest BCUT2D eigenvalue weighted by Gasteiger charge is -2.13. The van der Waals surface area contributed by atoms with E-state index in [1.807, 2.05) is 36.4 Å². The molecule has 0 unspecified atom stereocenters. The number of allylic oxidation sites excluding steroid dienone is 1. The number of fused-ring (bicyclic) bond motifs is 1. The Hall–Kier alpha value is -3.21. The Labute approximate surface area is 177 Å². The Balaban J connectivity index is 1.52. The van der Waals surface area contributed by atoms with Gasteiger partial charge in [-0.05, 0) is 68.4 Å². The average molecular weight is 401 g/mol. The van der Waals surface area contributed by atoms with Crippen LogP contribution in [0.3, 0.4) is 0 Å². The molecular formula is C25H28N4O. The van der Waals surface area contributed by atoms with E-state index in [0.29, 0.717) is 12.4 Å². The van der Waals surface area contributed by atoms with Gasteiger partial charge in [0.25, 0.3) is 5.91 Å². The van der Waals surface area contributed by atoms with E-state index in [1.54, 1.807) is 0 Å². The summed E-state index contributed by atoms with van der Waals surface area (Å²) in [4.78, 5) is 21.8. The SMILES string of the molecule is CCc1ccc(Nc2nc(C(=O)NCCC3=CCCCC3)nc3ccccc23)cc1. The number of aryl methyl sites for hydroxylation is 1. The number of hydrogen-bond donors (Lipinski definition) is 2. The lowest BCUT2D eigenvalue weighted by atomic mass is 9.97.